The number of nitrogens with one attached hydrogen (secondary N) is 1. The SMILES string of the molecule is O=C(CCc1ccc(Cl)cc1Cl)Nc1ccc2ccccc2c1. The molecule has 0 atom stereocenters. The number of rotatable bonds is 4. The zero-order valence-corrected chi connectivity index (χ0v) is 13.9. The molecule has 23 heavy (non-hydrogen) atoms. The number of hydrogen-bond donors (Lipinski definition) is 1. The van der Waals surface area contributed by atoms with Crippen LogP contribution in [0.25, 0.3) is 10.8 Å². The van der Waals surface area contributed by atoms with Crippen molar-refractivity contribution in [1.82, 2.24) is 0 Å². The summed E-state index contributed by atoms with van der Waals surface area (Å²) in [4.78, 5) is 12.1. The van der Waals surface area contributed by atoms with Gasteiger partial charge >= 0.3 is 0 Å². The maximum Gasteiger partial charge on any atom is 0.224 e. The molecule has 0 aromatic heterocycles. The molecule has 0 aliphatic heterocycles. The Morgan fingerprint density at radius 2 is 1.70 bits per heavy atom. The summed E-state index contributed by atoms with van der Waals surface area (Å²) in [7, 11) is 0. The summed E-state index contributed by atoms with van der Waals surface area (Å²) in [5, 5.41) is 6.37. The van der Waals surface area contributed by atoms with E-state index in [1.165, 1.54) is 0 Å². The Kier molecular flexibility index (Phi) is 4.85. The Hall–Kier alpha value is -2.03. The van der Waals surface area contributed by atoms with Crippen molar-refractivity contribution in [2.75, 3.05) is 5.32 Å². The molecule has 2 nitrogen and oxygen atoms in total. The van der Waals surface area contributed by atoms with E-state index in [0.29, 0.717) is 22.9 Å². The predicted octanol–water partition coefficient (Wildman–Crippen LogP) is 5.72. The second-order valence-corrected chi connectivity index (χ2v) is 6.19. The molecule has 116 valence electrons. The molecule has 0 saturated carbocycles. The van der Waals surface area contributed by atoms with E-state index in [2.05, 4.69) is 5.32 Å². The van der Waals surface area contributed by atoms with Crippen LogP contribution in [0.4, 0.5) is 5.69 Å². The van der Waals surface area contributed by atoms with Gasteiger partial charge in [0.05, 0.1) is 0 Å². The minimum atomic E-state index is -0.0358. The van der Waals surface area contributed by atoms with Crippen LogP contribution in [-0.4, -0.2) is 5.91 Å². The van der Waals surface area contributed by atoms with E-state index in [4.69, 9.17) is 23.2 Å². The van der Waals surface area contributed by atoms with Gasteiger partial charge in [-0.25, -0.2) is 0 Å². The van der Waals surface area contributed by atoms with Crippen molar-refractivity contribution in [2.45, 2.75) is 12.8 Å². The van der Waals surface area contributed by atoms with E-state index in [1.54, 1.807) is 12.1 Å². The zero-order valence-electron chi connectivity index (χ0n) is 12.4. The maximum atomic E-state index is 12.1. The molecule has 0 aliphatic carbocycles. The van der Waals surface area contributed by atoms with E-state index >= 15 is 0 Å². The fourth-order valence-corrected chi connectivity index (χ4v) is 2.97. The Balaban J connectivity index is 1.64. The quantitative estimate of drug-likeness (QED) is 0.644. The number of benzene rings is 3. The molecule has 4 heteroatoms. The summed E-state index contributed by atoms with van der Waals surface area (Å²) in [6.07, 6.45) is 0.948. The van der Waals surface area contributed by atoms with Crippen molar-refractivity contribution in [3.05, 3.63) is 76.3 Å². The molecule has 0 heterocycles. The Morgan fingerprint density at radius 1 is 0.913 bits per heavy atom. The first kappa shape index (κ1) is 15.9. The van der Waals surface area contributed by atoms with Gasteiger partial charge in [0, 0.05) is 22.2 Å². The third-order valence-corrected chi connectivity index (χ3v) is 4.26. The lowest BCUT2D eigenvalue weighted by Gasteiger charge is -2.08. The van der Waals surface area contributed by atoms with Gasteiger partial charge in [-0.3, -0.25) is 4.79 Å². The highest BCUT2D eigenvalue weighted by Gasteiger charge is 2.07. The number of halogens is 2. The first-order valence-corrected chi connectivity index (χ1v) is 8.10. The summed E-state index contributed by atoms with van der Waals surface area (Å²) in [6, 6.07) is 19.3. The summed E-state index contributed by atoms with van der Waals surface area (Å²) >= 11 is 12.0. The monoisotopic (exact) mass is 343 g/mol. The number of carbonyl (C=O) groups is 1. The van der Waals surface area contributed by atoms with Gasteiger partial charge < -0.3 is 5.32 Å². The first-order valence-electron chi connectivity index (χ1n) is 7.34. The van der Waals surface area contributed by atoms with Crippen molar-refractivity contribution >= 4 is 45.6 Å². The highest BCUT2D eigenvalue weighted by molar-refractivity contribution is 6.35. The number of amides is 1. The fourth-order valence-electron chi connectivity index (χ4n) is 2.46. The average Bonchev–Trinajstić information content (AvgIpc) is 2.54. The van der Waals surface area contributed by atoms with Crippen molar-refractivity contribution in [2.24, 2.45) is 0 Å². The van der Waals surface area contributed by atoms with Gasteiger partial charge in [0.15, 0.2) is 0 Å². The van der Waals surface area contributed by atoms with E-state index in [1.807, 2.05) is 48.5 Å². The minimum Gasteiger partial charge on any atom is -0.326 e. The summed E-state index contributed by atoms with van der Waals surface area (Å²) in [5.41, 5.74) is 1.72. The van der Waals surface area contributed by atoms with Crippen LogP contribution in [0.2, 0.25) is 10.0 Å². The molecule has 3 aromatic rings. The van der Waals surface area contributed by atoms with Crippen molar-refractivity contribution in [3.8, 4) is 0 Å². The van der Waals surface area contributed by atoms with Gasteiger partial charge in [-0.05, 0) is 47.0 Å². The third kappa shape index (κ3) is 4.04. The molecule has 0 fully saturated rings. The van der Waals surface area contributed by atoms with Gasteiger partial charge in [0.1, 0.15) is 0 Å². The van der Waals surface area contributed by atoms with Crippen molar-refractivity contribution in [1.29, 1.82) is 0 Å². The lowest BCUT2D eigenvalue weighted by Crippen LogP contribution is -2.12. The molecule has 3 rings (SSSR count). The minimum absolute atomic E-state index is 0.0358. The zero-order chi connectivity index (χ0) is 16.2. The molecule has 0 bridgehead atoms. The van der Waals surface area contributed by atoms with Gasteiger partial charge in [-0.15, -0.1) is 0 Å². The summed E-state index contributed by atoms with van der Waals surface area (Å²) in [5.74, 6) is -0.0358. The van der Waals surface area contributed by atoms with Crippen LogP contribution < -0.4 is 5.32 Å². The molecule has 0 spiro atoms. The second kappa shape index (κ2) is 7.03. The number of carbonyl (C=O) groups excluding carboxylic acids is 1. The molecular formula is C19H15Cl2NO. The molecule has 0 saturated heterocycles. The van der Waals surface area contributed by atoms with E-state index in [9.17, 15) is 4.79 Å². The Labute approximate surface area is 145 Å². The topological polar surface area (TPSA) is 29.1 Å². The summed E-state index contributed by atoms with van der Waals surface area (Å²) in [6.45, 7) is 0. The van der Waals surface area contributed by atoms with E-state index < -0.39 is 0 Å². The second-order valence-electron chi connectivity index (χ2n) is 5.35. The standard InChI is InChI=1S/C19H15Cl2NO/c20-16-8-5-14(18(21)12-16)7-10-19(23)22-17-9-6-13-3-1-2-4-15(13)11-17/h1-6,8-9,11-12H,7,10H2,(H,22,23). The number of aryl methyl sites for hydroxylation is 1. The molecule has 1 amide bonds. The van der Waals surface area contributed by atoms with E-state index in [0.717, 1.165) is 22.0 Å². The number of anilines is 1. The first-order chi connectivity index (χ1) is 11.1. The van der Waals surface area contributed by atoms with Crippen molar-refractivity contribution in [3.63, 3.8) is 0 Å². The molecule has 1 N–H and O–H groups in total. The smallest absolute Gasteiger partial charge is 0.224 e. The van der Waals surface area contributed by atoms with Crippen LogP contribution in [0.5, 0.6) is 0 Å². The highest BCUT2D eigenvalue weighted by atomic mass is 35.5. The average molecular weight is 344 g/mol. The molecule has 0 aliphatic rings. The lowest BCUT2D eigenvalue weighted by molar-refractivity contribution is -0.116. The normalized spacial score (nSPS) is 10.7. The third-order valence-electron chi connectivity index (χ3n) is 3.67. The molecule has 3 aromatic carbocycles. The van der Waals surface area contributed by atoms with Crippen LogP contribution in [0.1, 0.15) is 12.0 Å². The lowest BCUT2D eigenvalue weighted by atomic mass is 10.1. The van der Waals surface area contributed by atoms with Crippen molar-refractivity contribution < 1.29 is 4.79 Å². The van der Waals surface area contributed by atoms with Gasteiger partial charge in [-0.1, -0.05) is 59.6 Å². The number of hydrogen-bond acceptors (Lipinski definition) is 1. The largest absolute Gasteiger partial charge is 0.326 e. The van der Waals surface area contributed by atoms with Crippen LogP contribution in [-0.2, 0) is 11.2 Å². The highest BCUT2D eigenvalue weighted by Crippen LogP contribution is 2.23. The Morgan fingerprint density at radius 3 is 2.48 bits per heavy atom. The van der Waals surface area contributed by atoms with E-state index in [-0.39, 0.29) is 5.91 Å². The fraction of sp³-hybridized carbons (Fsp3) is 0.105. The molecule has 0 radical (unpaired) electrons. The summed E-state index contributed by atoms with van der Waals surface area (Å²) < 4.78 is 0. The van der Waals surface area contributed by atoms with Gasteiger partial charge in [0.2, 0.25) is 5.91 Å². The van der Waals surface area contributed by atoms with Crippen LogP contribution >= 0.6 is 23.2 Å². The molecule has 0 unspecified atom stereocenters. The predicted molar refractivity (Wildman–Crippen MR) is 97.4 cm³/mol. The Bertz CT molecular complexity index is 861. The maximum absolute atomic E-state index is 12.1. The van der Waals surface area contributed by atoms with Crippen LogP contribution in [0.15, 0.2) is 60.7 Å². The number of fused-ring (bicyclic) bond motifs is 1. The van der Waals surface area contributed by atoms with Crippen LogP contribution in [0.3, 0.4) is 0 Å². The van der Waals surface area contributed by atoms with Gasteiger partial charge in [-0.2, -0.15) is 0 Å². The molecular weight excluding hydrogens is 329 g/mol. The van der Waals surface area contributed by atoms with Crippen LogP contribution in [0, 0.1) is 0 Å². The van der Waals surface area contributed by atoms with Gasteiger partial charge in [0.25, 0.3) is 0 Å².